The van der Waals surface area contributed by atoms with E-state index in [4.69, 9.17) is 5.11 Å². The van der Waals surface area contributed by atoms with Crippen LogP contribution in [0, 0.1) is 13.8 Å². The first-order chi connectivity index (χ1) is 8.82. The molecule has 6 nitrogen and oxygen atoms in total. The van der Waals surface area contributed by atoms with Crippen molar-refractivity contribution in [3.63, 3.8) is 0 Å². The van der Waals surface area contributed by atoms with Crippen LogP contribution in [-0.2, 0) is 17.8 Å². The summed E-state index contributed by atoms with van der Waals surface area (Å²) >= 11 is 0. The summed E-state index contributed by atoms with van der Waals surface area (Å²) < 4.78 is 1.56. The third kappa shape index (κ3) is 4.17. The minimum absolute atomic E-state index is 0.0986. The third-order valence-electron chi connectivity index (χ3n) is 3.09. The van der Waals surface area contributed by atoms with Crippen LogP contribution in [0.5, 0.6) is 0 Å². The lowest BCUT2D eigenvalue weighted by Crippen LogP contribution is -2.29. The Morgan fingerprint density at radius 3 is 2.53 bits per heavy atom. The van der Waals surface area contributed by atoms with Crippen LogP contribution in [0.1, 0.15) is 23.4 Å². The normalized spacial score (nSPS) is 11.0. The number of rotatable bonds is 6. The quantitative estimate of drug-likeness (QED) is 0.809. The molecule has 0 atom stereocenters. The van der Waals surface area contributed by atoms with Gasteiger partial charge in [-0.1, -0.05) is 0 Å². The van der Waals surface area contributed by atoms with Crippen molar-refractivity contribution in [2.24, 2.45) is 0 Å². The van der Waals surface area contributed by atoms with Crippen molar-refractivity contribution in [1.29, 1.82) is 0 Å². The zero-order chi connectivity index (χ0) is 14.6. The number of carboxylic acid groups (broad SMARTS) is 1. The van der Waals surface area contributed by atoms with Gasteiger partial charge in [-0.25, -0.2) is 4.79 Å². The van der Waals surface area contributed by atoms with E-state index in [2.05, 4.69) is 4.98 Å². The topological polar surface area (TPSA) is 75.4 Å². The smallest absolute Gasteiger partial charge is 0.347 e. The fourth-order valence-corrected chi connectivity index (χ4v) is 2.05. The van der Waals surface area contributed by atoms with E-state index >= 15 is 0 Å². The Morgan fingerprint density at radius 1 is 1.37 bits per heavy atom. The SMILES string of the molecule is Cc1nc(=O)n(CCCN(C)C)c(C)c1CC(=O)O. The highest BCUT2D eigenvalue weighted by atomic mass is 16.4. The standard InChI is InChI=1S/C13H21N3O3/c1-9-11(8-12(17)18)10(2)16(13(19)14-9)7-5-6-15(3)4/h5-8H2,1-4H3,(H,17,18). The van der Waals surface area contributed by atoms with Crippen molar-refractivity contribution in [1.82, 2.24) is 14.5 Å². The van der Waals surface area contributed by atoms with Gasteiger partial charge in [-0.2, -0.15) is 4.98 Å². The number of hydrogen-bond donors (Lipinski definition) is 1. The molecule has 0 aliphatic heterocycles. The Balaban J connectivity index is 3.03. The van der Waals surface area contributed by atoms with Crippen LogP contribution in [0.2, 0.25) is 0 Å². The van der Waals surface area contributed by atoms with Gasteiger partial charge in [0.05, 0.1) is 6.42 Å². The molecule has 0 radical (unpaired) electrons. The summed E-state index contributed by atoms with van der Waals surface area (Å²) in [5, 5.41) is 8.90. The minimum Gasteiger partial charge on any atom is -0.481 e. The summed E-state index contributed by atoms with van der Waals surface area (Å²) in [5.74, 6) is -0.911. The molecular weight excluding hydrogens is 246 g/mol. The average Bonchev–Trinajstić information content (AvgIpc) is 2.28. The summed E-state index contributed by atoms with van der Waals surface area (Å²) in [6, 6.07) is 0. The van der Waals surface area contributed by atoms with Gasteiger partial charge in [-0.15, -0.1) is 0 Å². The largest absolute Gasteiger partial charge is 0.481 e. The van der Waals surface area contributed by atoms with Gasteiger partial charge in [0, 0.05) is 23.5 Å². The van der Waals surface area contributed by atoms with Gasteiger partial charge in [0.25, 0.3) is 0 Å². The number of aliphatic carboxylic acids is 1. The van der Waals surface area contributed by atoms with Gasteiger partial charge in [-0.3, -0.25) is 9.36 Å². The Bertz CT molecular complexity index is 521. The van der Waals surface area contributed by atoms with Crippen LogP contribution in [0.25, 0.3) is 0 Å². The summed E-state index contributed by atoms with van der Waals surface area (Å²) in [6.07, 6.45) is 0.726. The van der Waals surface area contributed by atoms with Gasteiger partial charge in [-0.05, 0) is 40.9 Å². The summed E-state index contributed by atoms with van der Waals surface area (Å²) in [7, 11) is 3.94. The highest BCUT2D eigenvalue weighted by molar-refractivity contribution is 5.70. The van der Waals surface area contributed by atoms with Crippen molar-refractivity contribution in [2.75, 3.05) is 20.6 Å². The molecule has 0 aliphatic rings. The second kappa shape index (κ2) is 6.47. The van der Waals surface area contributed by atoms with E-state index < -0.39 is 5.97 Å². The minimum atomic E-state index is -0.911. The van der Waals surface area contributed by atoms with E-state index in [-0.39, 0.29) is 12.1 Å². The molecule has 0 fully saturated rings. The maximum absolute atomic E-state index is 11.9. The number of nitrogens with zero attached hydrogens (tertiary/aromatic N) is 3. The van der Waals surface area contributed by atoms with E-state index in [1.54, 1.807) is 18.4 Å². The molecule has 0 amide bonds. The molecule has 106 valence electrons. The Hall–Kier alpha value is -1.69. The van der Waals surface area contributed by atoms with Gasteiger partial charge >= 0.3 is 11.7 Å². The molecule has 0 unspecified atom stereocenters. The molecule has 1 N–H and O–H groups in total. The van der Waals surface area contributed by atoms with Crippen molar-refractivity contribution in [3.05, 3.63) is 27.4 Å². The number of carboxylic acids is 1. The van der Waals surface area contributed by atoms with Crippen molar-refractivity contribution in [3.8, 4) is 0 Å². The van der Waals surface area contributed by atoms with E-state index in [1.807, 2.05) is 19.0 Å². The number of hydrogen-bond acceptors (Lipinski definition) is 4. The second-order valence-electron chi connectivity index (χ2n) is 4.92. The van der Waals surface area contributed by atoms with E-state index in [9.17, 15) is 9.59 Å². The highest BCUT2D eigenvalue weighted by Crippen LogP contribution is 2.10. The molecule has 1 aromatic heterocycles. The molecule has 0 saturated carbocycles. The van der Waals surface area contributed by atoms with Gasteiger partial charge in [0.1, 0.15) is 0 Å². The Kier molecular flexibility index (Phi) is 5.23. The molecule has 0 saturated heterocycles. The second-order valence-corrected chi connectivity index (χ2v) is 4.92. The number of carbonyl (C=O) groups is 1. The average molecular weight is 267 g/mol. The third-order valence-corrected chi connectivity index (χ3v) is 3.09. The predicted molar refractivity (Wildman–Crippen MR) is 72.5 cm³/mol. The fraction of sp³-hybridized carbons (Fsp3) is 0.615. The first-order valence-electron chi connectivity index (χ1n) is 6.26. The zero-order valence-corrected chi connectivity index (χ0v) is 11.9. The molecule has 0 aromatic carbocycles. The molecule has 0 aliphatic carbocycles. The molecular formula is C13H21N3O3. The molecule has 0 bridgehead atoms. The van der Waals surface area contributed by atoms with E-state index in [1.165, 1.54) is 0 Å². The Morgan fingerprint density at radius 2 is 2.00 bits per heavy atom. The van der Waals surface area contributed by atoms with Gasteiger partial charge in [0.15, 0.2) is 0 Å². The van der Waals surface area contributed by atoms with E-state index in [0.717, 1.165) is 13.0 Å². The maximum Gasteiger partial charge on any atom is 0.347 e. The highest BCUT2D eigenvalue weighted by Gasteiger charge is 2.13. The van der Waals surface area contributed by atoms with Crippen molar-refractivity contribution in [2.45, 2.75) is 33.2 Å². The van der Waals surface area contributed by atoms with Crippen LogP contribution >= 0.6 is 0 Å². The number of aryl methyl sites for hydroxylation is 1. The van der Waals surface area contributed by atoms with Crippen LogP contribution in [0.3, 0.4) is 0 Å². The van der Waals surface area contributed by atoms with E-state index in [0.29, 0.717) is 23.5 Å². The molecule has 1 rings (SSSR count). The van der Waals surface area contributed by atoms with Crippen LogP contribution in [-0.4, -0.2) is 46.2 Å². The lowest BCUT2D eigenvalue weighted by Gasteiger charge is -2.15. The summed E-state index contributed by atoms with van der Waals surface area (Å²) in [5.41, 5.74) is 1.55. The van der Waals surface area contributed by atoms with Crippen LogP contribution in [0.4, 0.5) is 0 Å². The number of aromatic nitrogens is 2. The van der Waals surface area contributed by atoms with Gasteiger partial charge in [0.2, 0.25) is 0 Å². The van der Waals surface area contributed by atoms with Crippen LogP contribution in [0.15, 0.2) is 4.79 Å². The summed E-state index contributed by atoms with van der Waals surface area (Å²) in [4.78, 5) is 28.7. The van der Waals surface area contributed by atoms with Crippen molar-refractivity contribution < 1.29 is 9.90 Å². The molecule has 6 heteroatoms. The molecule has 1 heterocycles. The molecule has 19 heavy (non-hydrogen) atoms. The first kappa shape index (κ1) is 15.4. The Labute approximate surface area is 112 Å². The van der Waals surface area contributed by atoms with Crippen LogP contribution < -0.4 is 5.69 Å². The van der Waals surface area contributed by atoms with Crippen molar-refractivity contribution >= 4 is 5.97 Å². The fourth-order valence-electron chi connectivity index (χ4n) is 2.05. The van der Waals surface area contributed by atoms with Gasteiger partial charge < -0.3 is 10.0 Å². The monoisotopic (exact) mass is 267 g/mol. The molecule has 1 aromatic rings. The summed E-state index contributed by atoms with van der Waals surface area (Å²) in [6.45, 7) is 4.89. The lowest BCUT2D eigenvalue weighted by atomic mass is 10.1. The molecule has 0 spiro atoms. The maximum atomic E-state index is 11.9. The lowest BCUT2D eigenvalue weighted by molar-refractivity contribution is -0.136. The first-order valence-corrected chi connectivity index (χ1v) is 6.26. The zero-order valence-electron chi connectivity index (χ0n) is 11.9. The predicted octanol–water partition coefficient (Wildman–Crippen LogP) is 0.439.